The monoisotopic (exact) mass is 704 g/mol. The third-order valence-corrected chi connectivity index (χ3v) is 7.57. The first kappa shape index (κ1) is 36.0. The van der Waals surface area contributed by atoms with Gasteiger partial charge in [-0.2, -0.15) is 0 Å². The Bertz CT molecular complexity index is 1760. The quantitative estimate of drug-likeness (QED) is 0.219. The number of esters is 2. The van der Waals surface area contributed by atoms with Crippen molar-refractivity contribution >= 4 is 57.7 Å². The highest BCUT2D eigenvalue weighted by molar-refractivity contribution is 5.96. The number of amides is 2. The number of carbonyl (C=O) groups excluding carboxylic acids is 4. The Hall–Kier alpha value is -5.28. The Balaban J connectivity index is 0.000000194. The van der Waals surface area contributed by atoms with E-state index in [-0.39, 0.29) is 34.6 Å². The van der Waals surface area contributed by atoms with Gasteiger partial charge in [0.05, 0.1) is 19.3 Å². The van der Waals surface area contributed by atoms with Gasteiger partial charge in [-0.1, -0.05) is 6.92 Å². The Kier molecular flexibility index (Phi) is 10.9. The number of ether oxygens (including phenoxy) is 4. The Morgan fingerprint density at radius 1 is 0.740 bits per heavy atom. The number of nitrogens with zero attached hydrogens (tertiary/aromatic N) is 8. The van der Waals surface area contributed by atoms with Crippen LogP contribution in [0.15, 0.2) is 25.3 Å². The molecule has 6 heterocycles. The number of nitrogens with one attached hydrogen (secondary N) is 2. The van der Waals surface area contributed by atoms with Crippen LogP contribution in [0.3, 0.4) is 0 Å². The summed E-state index contributed by atoms with van der Waals surface area (Å²) in [4.78, 5) is 69.2. The highest BCUT2D eigenvalue weighted by Crippen LogP contribution is 2.38. The first-order valence-electron chi connectivity index (χ1n) is 15.3. The van der Waals surface area contributed by atoms with E-state index in [1.54, 1.807) is 0 Å². The summed E-state index contributed by atoms with van der Waals surface area (Å²) in [6.07, 6.45) is -3.82. The van der Waals surface area contributed by atoms with Crippen molar-refractivity contribution in [2.45, 2.75) is 90.3 Å². The molecule has 4 aromatic rings. The minimum atomic E-state index is -1.74. The molecule has 2 aliphatic rings. The smallest absolute Gasteiger partial charge is 0.303 e. The van der Waals surface area contributed by atoms with Crippen LogP contribution in [0.2, 0.25) is 0 Å². The number of halogens is 2. The molecule has 6 rings (SSSR count). The van der Waals surface area contributed by atoms with Gasteiger partial charge >= 0.3 is 11.9 Å². The number of imidazole rings is 2. The summed E-state index contributed by atoms with van der Waals surface area (Å²) in [5, 5.41) is 14.4. The van der Waals surface area contributed by atoms with E-state index in [1.165, 1.54) is 55.2 Å². The standard InChI is InChI=1S/C15H18FN5O4.C14H16FN5O5/c1-4-9-12(24-8(3)23)10(16)15(25-9)21-6-19-11-13(20-7(2)22)17-5-18-14(11)21;1-6(22)19-12-10-13(17-4-16-12)20(5-18-10)14-9(15)11(24-7(2)23)8(3-21)25-14/h5-6,9-10,12,15H,4H2,1-3H3,(H,17,18,20,22);4-5,8-9,11,14,21H,3H2,1-2H3,(H,16,17,19,22)/t9-,10+,12?,15-;8-,9+,11?,14-/m11/s1. The van der Waals surface area contributed by atoms with Gasteiger partial charge in [-0.05, 0) is 6.42 Å². The zero-order chi connectivity index (χ0) is 36.3. The van der Waals surface area contributed by atoms with Crippen molar-refractivity contribution in [2.75, 3.05) is 17.2 Å². The first-order valence-corrected chi connectivity index (χ1v) is 15.3. The minimum Gasteiger partial charge on any atom is -0.456 e. The molecular formula is C29H34F2N10O9. The van der Waals surface area contributed by atoms with Gasteiger partial charge in [0.1, 0.15) is 24.9 Å². The summed E-state index contributed by atoms with van der Waals surface area (Å²) in [6.45, 7) is 6.34. The van der Waals surface area contributed by atoms with Crippen LogP contribution in [0.4, 0.5) is 20.4 Å². The molecule has 2 fully saturated rings. The molecule has 4 aromatic heterocycles. The summed E-state index contributed by atoms with van der Waals surface area (Å²) in [7, 11) is 0. The van der Waals surface area contributed by atoms with Gasteiger partial charge in [-0.3, -0.25) is 28.3 Å². The summed E-state index contributed by atoms with van der Waals surface area (Å²) < 4.78 is 53.6. The number of alkyl halides is 2. The lowest BCUT2D eigenvalue weighted by atomic mass is 10.1. The minimum absolute atomic E-state index is 0.180. The van der Waals surface area contributed by atoms with Crippen LogP contribution in [-0.4, -0.2) is 111 Å². The van der Waals surface area contributed by atoms with Crippen LogP contribution in [0, 0.1) is 0 Å². The lowest BCUT2D eigenvalue weighted by Gasteiger charge is -2.17. The molecule has 0 spiro atoms. The van der Waals surface area contributed by atoms with Crippen molar-refractivity contribution in [1.82, 2.24) is 39.0 Å². The second kappa shape index (κ2) is 15.1. The van der Waals surface area contributed by atoms with E-state index >= 15 is 0 Å². The normalized spacial score (nSPS) is 25.9. The Labute approximate surface area is 281 Å². The summed E-state index contributed by atoms with van der Waals surface area (Å²) in [5.41, 5.74) is 1.11. The largest absolute Gasteiger partial charge is 0.456 e. The van der Waals surface area contributed by atoms with E-state index in [2.05, 4.69) is 40.5 Å². The maximum absolute atomic E-state index is 14.9. The first-order chi connectivity index (χ1) is 23.8. The Morgan fingerprint density at radius 2 is 1.16 bits per heavy atom. The summed E-state index contributed by atoms with van der Waals surface area (Å²) >= 11 is 0. The molecule has 268 valence electrons. The van der Waals surface area contributed by atoms with E-state index in [4.69, 9.17) is 18.9 Å². The molecular weight excluding hydrogens is 670 g/mol. The third-order valence-electron chi connectivity index (χ3n) is 7.57. The number of hydrogen-bond donors (Lipinski definition) is 3. The van der Waals surface area contributed by atoms with Crippen molar-refractivity contribution in [3.63, 3.8) is 0 Å². The highest BCUT2D eigenvalue weighted by atomic mass is 19.1. The van der Waals surface area contributed by atoms with Crippen molar-refractivity contribution in [1.29, 1.82) is 0 Å². The van der Waals surface area contributed by atoms with Crippen molar-refractivity contribution in [3.8, 4) is 0 Å². The third kappa shape index (κ3) is 7.33. The second-order valence-corrected chi connectivity index (χ2v) is 11.2. The molecule has 2 amide bonds. The molecule has 0 saturated carbocycles. The Morgan fingerprint density at radius 3 is 1.54 bits per heavy atom. The van der Waals surface area contributed by atoms with Gasteiger partial charge in [0.25, 0.3) is 0 Å². The molecule has 2 unspecified atom stereocenters. The maximum atomic E-state index is 14.9. The average Bonchev–Trinajstić information content (AvgIpc) is 3.82. The number of aromatic nitrogens is 8. The molecule has 0 aromatic carbocycles. The van der Waals surface area contributed by atoms with Crippen molar-refractivity contribution in [2.24, 2.45) is 0 Å². The molecule has 21 heteroatoms. The maximum Gasteiger partial charge on any atom is 0.303 e. The number of hydrogen-bond acceptors (Lipinski definition) is 15. The average molecular weight is 705 g/mol. The molecule has 3 N–H and O–H groups in total. The number of anilines is 2. The molecule has 0 bridgehead atoms. The predicted molar refractivity (Wildman–Crippen MR) is 165 cm³/mol. The zero-order valence-electron chi connectivity index (χ0n) is 27.4. The van der Waals surface area contributed by atoms with E-state index in [0.29, 0.717) is 17.6 Å². The van der Waals surface area contributed by atoms with Gasteiger partial charge in [-0.15, -0.1) is 0 Å². The number of carbonyl (C=O) groups is 4. The number of aliphatic hydroxyl groups excluding tert-OH is 1. The molecule has 0 radical (unpaired) electrons. The summed E-state index contributed by atoms with van der Waals surface area (Å²) in [6, 6.07) is 0. The molecule has 8 atom stereocenters. The lowest BCUT2D eigenvalue weighted by molar-refractivity contribution is -0.152. The number of rotatable bonds is 8. The van der Waals surface area contributed by atoms with Crippen LogP contribution < -0.4 is 10.6 Å². The van der Waals surface area contributed by atoms with E-state index in [1.807, 2.05) is 6.92 Å². The van der Waals surface area contributed by atoms with Crippen LogP contribution in [-0.2, 0) is 38.1 Å². The molecule has 2 aliphatic heterocycles. The SMILES string of the molecule is CC(=O)Nc1ncnc2c1ncn2[C@@H]1O[C@H](CO)C(OC(C)=O)[C@@H]1F.CC[C@H]1O[C@@H](n2cnc3c(NC(C)=O)ncnc32)[C@@H](F)C1OC(C)=O. The van der Waals surface area contributed by atoms with Crippen LogP contribution in [0.1, 0.15) is 53.5 Å². The number of aliphatic hydroxyl groups is 1. The van der Waals surface area contributed by atoms with Crippen LogP contribution >= 0.6 is 0 Å². The van der Waals surface area contributed by atoms with Crippen molar-refractivity contribution < 1.29 is 52.0 Å². The highest BCUT2D eigenvalue weighted by Gasteiger charge is 2.49. The second-order valence-electron chi connectivity index (χ2n) is 11.2. The molecule has 50 heavy (non-hydrogen) atoms. The van der Waals surface area contributed by atoms with Gasteiger partial charge in [-0.25, -0.2) is 38.7 Å². The molecule has 0 aliphatic carbocycles. The van der Waals surface area contributed by atoms with Gasteiger partial charge < -0.3 is 34.7 Å². The van der Waals surface area contributed by atoms with Gasteiger partial charge in [0.2, 0.25) is 11.8 Å². The molecule has 19 nitrogen and oxygen atoms in total. The molecule has 2 saturated heterocycles. The van der Waals surface area contributed by atoms with E-state index in [0.717, 1.165) is 6.92 Å². The van der Waals surface area contributed by atoms with Gasteiger partial charge in [0, 0.05) is 27.7 Å². The fraction of sp³-hybridized carbons (Fsp3) is 0.517. The lowest BCUT2D eigenvalue weighted by Crippen LogP contribution is -2.35. The van der Waals surface area contributed by atoms with Crippen LogP contribution in [0.25, 0.3) is 22.3 Å². The van der Waals surface area contributed by atoms with Gasteiger partial charge in [0.15, 0.2) is 71.0 Å². The number of fused-ring (bicyclic) bond motifs is 2. The topological polar surface area (TPSA) is 237 Å². The predicted octanol–water partition coefficient (Wildman–Crippen LogP) is 1.31. The van der Waals surface area contributed by atoms with E-state index < -0.39 is 67.8 Å². The van der Waals surface area contributed by atoms with E-state index in [9.17, 15) is 33.1 Å². The fourth-order valence-corrected chi connectivity index (χ4v) is 5.57. The van der Waals surface area contributed by atoms with Crippen molar-refractivity contribution in [3.05, 3.63) is 25.3 Å². The van der Waals surface area contributed by atoms with Crippen LogP contribution in [0.5, 0.6) is 0 Å². The summed E-state index contributed by atoms with van der Waals surface area (Å²) in [5.74, 6) is -1.49. The zero-order valence-corrected chi connectivity index (χ0v) is 27.4. The fourth-order valence-electron chi connectivity index (χ4n) is 5.57.